The maximum atomic E-state index is 13.2. The van der Waals surface area contributed by atoms with Crippen molar-refractivity contribution in [1.82, 2.24) is 0 Å². The fourth-order valence-electron chi connectivity index (χ4n) is 1.87. The average molecular weight is 310 g/mol. The van der Waals surface area contributed by atoms with E-state index in [-0.39, 0.29) is 11.3 Å². The van der Waals surface area contributed by atoms with Gasteiger partial charge in [-0.15, -0.1) is 0 Å². The summed E-state index contributed by atoms with van der Waals surface area (Å²) in [7, 11) is 1.06. The van der Waals surface area contributed by atoms with Crippen LogP contribution in [0.25, 0.3) is 0 Å². The molecule has 0 radical (unpaired) electrons. The van der Waals surface area contributed by atoms with Crippen molar-refractivity contribution in [3.63, 3.8) is 0 Å². The third-order valence-corrected chi connectivity index (χ3v) is 3.33. The Kier molecular flexibility index (Phi) is 4.77. The Labute approximate surface area is 118 Å². The van der Waals surface area contributed by atoms with E-state index in [1.54, 1.807) is 0 Å². The van der Waals surface area contributed by atoms with Gasteiger partial charge in [0.2, 0.25) is 0 Å². The topological polar surface area (TPSA) is 26.3 Å². The van der Waals surface area contributed by atoms with Gasteiger partial charge in [-0.05, 0) is 19.4 Å². The summed E-state index contributed by atoms with van der Waals surface area (Å²) in [6.45, 7) is 2.47. The molecule has 0 aliphatic carbocycles. The van der Waals surface area contributed by atoms with Gasteiger partial charge in [-0.25, -0.2) is 0 Å². The minimum absolute atomic E-state index is 0.138. The smallest absolute Gasteiger partial charge is 0.374 e. The largest absolute Gasteiger partial charge is 0.453 e. The second-order valence-corrected chi connectivity index (χ2v) is 4.95. The van der Waals surface area contributed by atoms with Crippen LogP contribution in [0.3, 0.4) is 0 Å². The lowest BCUT2D eigenvalue weighted by Gasteiger charge is -2.33. The zero-order valence-corrected chi connectivity index (χ0v) is 11.7. The third-order valence-electron chi connectivity index (χ3n) is 3.33. The summed E-state index contributed by atoms with van der Waals surface area (Å²) in [5, 5.41) is 0. The molecule has 1 unspecified atom stereocenters. The lowest BCUT2D eigenvalue weighted by molar-refractivity contribution is -0.298. The highest BCUT2D eigenvalue weighted by Gasteiger charge is 2.60. The van der Waals surface area contributed by atoms with E-state index in [1.807, 2.05) is 0 Å². The minimum atomic E-state index is -5.65. The zero-order chi connectivity index (χ0) is 16.5. The normalized spacial score (nSPS) is 15.6. The van der Waals surface area contributed by atoms with Crippen LogP contribution in [0.4, 0.5) is 22.0 Å². The first-order chi connectivity index (χ1) is 9.43. The van der Waals surface area contributed by atoms with Crippen LogP contribution in [0.1, 0.15) is 36.2 Å². The Morgan fingerprint density at radius 1 is 1.10 bits per heavy atom. The number of halogens is 5. The van der Waals surface area contributed by atoms with Crippen molar-refractivity contribution in [3.05, 3.63) is 35.4 Å². The number of hydrogen-bond donors (Lipinski definition) is 0. The summed E-state index contributed by atoms with van der Waals surface area (Å²) in [6.07, 6.45) is -7.19. The molecule has 1 aromatic rings. The maximum Gasteiger partial charge on any atom is 0.453 e. The van der Waals surface area contributed by atoms with E-state index < -0.39 is 24.1 Å². The molecule has 7 heteroatoms. The van der Waals surface area contributed by atoms with E-state index in [1.165, 1.54) is 31.2 Å². The van der Waals surface area contributed by atoms with Crippen molar-refractivity contribution >= 4 is 5.78 Å². The van der Waals surface area contributed by atoms with Crippen molar-refractivity contribution in [3.8, 4) is 0 Å². The molecule has 118 valence electrons. The van der Waals surface area contributed by atoms with Crippen LogP contribution in [0.5, 0.6) is 0 Å². The van der Waals surface area contributed by atoms with E-state index in [0.29, 0.717) is 5.56 Å². The summed E-state index contributed by atoms with van der Waals surface area (Å²) in [4.78, 5) is 11.1. The molecular formula is C14H15F5O2. The van der Waals surface area contributed by atoms with Gasteiger partial charge in [0.15, 0.2) is 5.78 Å². The predicted octanol–water partition coefficient (Wildman–Crippen LogP) is 4.34. The Morgan fingerprint density at radius 2 is 1.57 bits per heavy atom. The van der Waals surface area contributed by atoms with Gasteiger partial charge in [0, 0.05) is 12.7 Å². The van der Waals surface area contributed by atoms with Gasteiger partial charge in [0.1, 0.15) is 0 Å². The van der Waals surface area contributed by atoms with Gasteiger partial charge in [-0.1, -0.05) is 24.3 Å². The highest BCUT2D eigenvalue weighted by atomic mass is 19.4. The Bertz CT molecular complexity index is 507. The Hall–Kier alpha value is -1.50. The Morgan fingerprint density at radius 3 is 1.90 bits per heavy atom. The lowest BCUT2D eigenvalue weighted by atomic mass is 9.88. The highest BCUT2D eigenvalue weighted by molar-refractivity contribution is 5.94. The van der Waals surface area contributed by atoms with E-state index in [9.17, 15) is 26.7 Å². The summed E-state index contributed by atoms with van der Waals surface area (Å²) in [6, 6.07) is 5.35. The van der Waals surface area contributed by atoms with Crippen molar-refractivity contribution < 1.29 is 31.5 Å². The lowest BCUT2D eigenvalue weighted by Crippen LogP contribution is -2.43. The van der Waals surface area contributed by atoms with Crippen LogP contribution >= 0.6 is 0 Å². The van der Waals surface area contributed by atoms with Crippen LogP contribution < -0.4 is 0 Å². The predicted molar refractivity (Wildman–Crippen MR) is 66.4 cm³/mol. The molecule has 1 rings (SSSR count). The van der Waals surface area contributed by atoms with Gasteiger partial charge in [-0.3, -0.25) is 4.79 Å². The molecule has 1 aromatic carbocycles. The molecule has 2 nitrogen and oxygen atoms in total. The molecule has 21 heavy (non-hydrogen) atoms. The van der Waals surface area contributed by atoms with Crippen molar-refractivity contribution in [2.24, 2.45) is 0 Å². The van der Waals surface area contributed by atoms with E-state index >= 15 is 0 Å². The fraction of sp³-hybridized carbons (Fsp3) is 0.500. The van der Waals surface area contributed by atoms with E-state index in [0.717, 1.165) is 14.0 Å². The maximum absolute atomic E-state index is 13.2. The molecule has 0 aliphatic heterocycles. The molecule has 0 fully saturated rings. The summed E-state index contributed by atoms with van der Waals surface area (Å²) < 4.78 is 68.4. The molecule has 0 amide bonds. The average Bonchev–Trinajstić information content (AvgIpc) is 2.37. The number of hydrogen-bond acceptors (Lipinski definition) is 2. The monoisotopic (exact) mass is 310 g/mol. The molecular weight excluding hydrogens is 295 g/mol. The second-order valence-electron chi connectivity index (χ2n) is 4.95. The quantitative estimate of drug-likeness (QED) is 0.597. The van der Waals surface area contributed by atoms with Crippen LogP contribution in [0.2, 0.25) is 0 Å². The molecule has 0 aromatic heterocycles. The SMILES string of the molecule is COC(C)(CC(F)(F)C(F)(F)F)c1ccc(C(C)=O)cc1. The first-order valence-corrected chi connectivity index (χ1v) is 6.04. The molecule has 0 heterocycles. The number of benzene rings is 1. The first-order valence-electron chi connectivity index (χ1n) is 6.04. The number of Topliss-reactive ketones (excluding diaryl/α,β-unsaturated/α-hetero) is 1. The molecule has 0 bridgehead atoms. The third kappa shape index (κ3) is 3.78. The second kappa shape index (κ2) is 5.71. The number of carbonyl (C=O) groups excluding carboxylic acids is 1. The highest BCUT2D eigenvalue weighted by Crippen LogP contribution is 2.45. The summed E-state index contributed by atoms with van der Waals surface area (Å²) in [5.41, 5.74) is -1.35. The molecule has 0 aliphatic rings. The summed E-state index contributed by atoms with van der Waals surface area (Å²) in [5.74, 6) is -5.11. The van der Waals surface area contributed by atoms with Gasteiger partial charge in [0.05, 0.1) is 12.0 Å². The van der Waals surface area contributed by atoms with Crippen molar-refractivity contribution in [2.75, 3.05) is 7.11 Å². The summed E-state index contributed by atoms with van der Waals surface area (Å²) >= 11 is 0. The number of ketones is 1. The number of rotatable bonds is 5. The van der Waals surface area contributed by atoms with Gasteiger partial charge < -0.3 is 4.74 Å². The van der Waals surface area contributed by atoms with Crippen molar-refractivity contribution in [2.45, 2.75) is 38.0 Å². The fourth-order valence-corrected chi connectivity index (χ4v) is 1.87. The standard InChI is InChI=1S/C14H15F5O2/c1-9(20)10-4-6-11(7-5-10)12(2,21-3)8-13(15,16)14(17,18)19/h4-7H,8H2,1-3H3. The Balaban J connectivity index is 3.12. The number of ether oxygens (including phenoxy) is 1. The molecule has 1 atom stereocenters. The van der Waals surface area contributed by atoms with E-state index in [2.05, 4.69) is 0 Å². The van der Waals surface area contributed by atoms with Gasteiger partial charge in [-0.2, -0.15) is 22.0 Å². The van der Waals surface area contributed by atoms with Crippen LogP contribution in [-0.4, -0.2) is 25.0 Å². The molecule has 0 spiro atoms. The minimum Gasteiger partial charge on any atom is -0.374 e. The number of methoxy groups -OCH3 is 1. The van der Waals surface area contributed by atoms with Gasteiger partial charge in [0.25, 0.3) is 0 Å². The van der Waals surface area contributed by atoms with Gasteiger partial charge >= 0.3 is 12.1 Å². The molecule has 0 saturated heterocycles. The number of carbonyl (C=O) groups is 1. The van der Waals surface area contributed by atoms with Crippen LogP contribution in [-0.2, 0) is 10.3 Å². The number of alkyl halides is 5. The van der Waals surface area contributed by atoms with Crippen LogP contribution in [0.15, 0.2) is 24.3 Å². The van der Waals surface area contributed by atoms with Crippen LogP contribution in [0, 0.1) is 0 Å². The zero-order valence-electron chi connectivity index (χ0n) is 11.7. The molecule has 0 N–H and O–H groups in total. The van der Waals surface area contributed by atoms with Crippen molar-refractivity contribution in [1.29, 1.82) is 0 Å². The molecule has 0 saturated carbocycles. The van der Waals surface area contributed by atoms with E-state index in [4.69, 9.17) is 4.74 Å². The first kappa shape index (κ1) is 17.6.